The molecule has 0 aliphatic rings. The van der Waals surface area contributed by atoms with Crippen LogP contribution in [0.25, 0.3) is 32.8 Å². The molecule has 4 rings (SSSR count). The van der Waals surface area contributed by atoms with Gasteiger partial charge in [-0.05, 0) is 30.3 Å². The highest BCUT2D eigenvalue weighted by Gasteiger charge is 2.16. The standard InChI is InChI=1S/C16H11FN2.C2H6/c1-19-15-7-6-11(17)8-10(15)9-14-16(19)12-4-2-3-5-13(12)18-14;1-2/h2-9H,1H3;1-2H3/p+1. The van der Waals surface area contributed by atoms with E-state index in [1.807, 2.05) is 45.2 Å². The van der Waals surface area contributed by atoms with Crippen LogP contribution >= 0.6 is 0 Å². The van der Waals surface area contributed by atoms with Gasteiger partial charge in [-0.15, -0.1) is 0 Å². The number of pyridine rings is 1. The molecule has 3 heteroatoms. The number of H-pyrrole nitrogens is 1. The van der Waals surface area contributed by atoms with Crippen LogP contribution in [0.4, 0.5) is 4.39 Å². The second-order valence-corrected chi connectivity index (χ2v) is 4.84. The van der Waals surface area contributed by atoms with Crippen molar-refractivity contribution in [3.8, 4) is 0 Å². The summed E-state index contributed by atoms with van der Waals surface area (Å²) in [5.74, 6) is -0.206. The zero-order chi connectivity index (χ0) is 15.0. The van der Waals surface area contributed by atoms with Crippen molar-refractivity contribution in [1.82, 2.24) is 4.98 Å². The summed E-state index contributed by atoms with van der Waals surface area (Å²) in [4.78, 5) is 3.39. The van der Waals surface area contributed by atoms with Crippen LogP contribution in [-0.4, -0.2) is 4.98 Å². The molecule has 0 bridgehead atoms. The molecule has 0 aliphatic heterocycles. The molecule has 0 radical (unpaired) electrons. The lowest BCUT2D eigenvalue weighted by Crippen LogP contribution is -2.29. The van der Waals surface area contributed by atoms with E-state index in [1.54, 1.807) is 6.07 Å². The Morgan fingerprint density at radius 2 is 1.71 bits per heavy atom. The number of aromatic nitrogens is 2. The van der Waals surface area contributed by atoms with E-state index in [1.165, 1.54) is 11.5 Å². The Hall–Kier alpha value is -2.42. The second-order valence-electron chi connectivity index (χ2n) is 4.84. The predicted molar refractivity (Wildman–Crippen MR) is 85.8 cm³/mol. The molecule has 0 atom stereocenters. The maximum atomic E-state index is 13.4. The molecular weight excluding hydrogens is 263 g/mol. The number of hydrogen-bond donors (Lipinski definition) is 1. The molecule has 0 unspecified atom stereocenters. The monoisotopic (exact) mass is 281 g/mol. The van der Waals surface area contributed by atoms with Crippen LogP contribution in [0.15, 0.2) is 48.5 Å². The van der Waals surface area contributed by atoms with Crippen molar-refractivity contribution < 1.29 is 8.96 Å². The van der Waals surface area contributed by atoms with Crippen LogP contribution in [0.2, 0.25) is 0 Å². The van der Waals surface area contributed by atoms with Crippen LogP contribution in [0.5, 0.6) is 0 Å². The number of rotatable bonds is 0. The van der Waals surface area contributed by atoms with Crippen LogP contribution < -0.4 is 4.57 Å². The first-order chi connectivity index (χ1) is 10.2. The smallest absolute Gasteiger partial charge is 0.238 e. The van der Waals surface area contributed by atoms with Gasteiger partial charge in [0.15, 0.2) is 0 Å². The van der Waals surface area contributed by atoms with Gasteiger partial charge >= 0.3 is 0 Å². The summed E-state index contributed by atoms with van der Waals surface area (Å²) in [6.45, 7) is 4.00. The van der Waals surface area contributed by atoms with Crippen LogP contribution in [-0.2, 0) is 7.05 Å². The Morgan fingerprint density at radius 3 is 2.52 bits per heavy atom. The van der Waals surface area contributed by atoms with Crippen molar-refractivity contribution in [3.05, 3.63) is 54.3 Å². The molecule has 2 heterocycles. The minimum Gasteiger partial charge on any atom is -0.349 e. The number of fused-ring (bicyclic) bond motifs is 4. The molecule has 0 spiro atoms. The van der Waals surface area contributed by atoms with Crippen LogP contribution in [0, 0.1) is 5.82 Å². The summed E-state index contributed by atoms with van der Waals surface area (Å²) < 4.78 is 15.5. The van der Waals surface area contributed by atoms with Gasteiger partial charge in [0.1, 0.15) is 18.4 Å². The van der Waals surface area contributed by atoms with Crippen molar-refractivity contribution in [2.45, 2.75) is 13.8 Å². The third-order valence-electron chi connectivity index (χ3n) is 3.69. The molecule has 0 fully saturated rings. The maximum absolute atomic E-state index is 13.4. The van der Waals surface area contributed by atoms with Gasteiger partial charge in [0.05, 0.1) is 16.3 Å². The number of para-hydroxylation sites is 1. The number of hydrogen-bond acceptors (Lipinski definition) is 0. The van der Waals surface area contributed by atoms with E-state index in [4.69, 9.17) is 0 Å². The van der Waals surface area contributed by atoms with Gasteiger partial charge in [0, 0.05) is 6.07 Å². The van der Waals surface area contributed by atoms with E-state index in [0.717, 1.165) is 27.5 Å². The lowest BCUT2D eigenvalue weighted by Gasteiger charge is -1.99. The minimum atomic E-state index is -0.206. The molecule has 0 aliphatic carbocycles. The first-order valence-corrected chi connectivity index (χ1v) is 7.23. The number of halogens is 1. The normalized spacial score (nSPS) is 10.9. The van der Waals surface area contributed by atoms with Gasteiger partial charge in [0.2, 0.25) is 11.0 Å². The average molecular weight is 281 g/mol. The molecule has 2 aromatic carbocycles. The highest BCUT2D eigenvalue weighted by atomic mass is 19.1. The fraction of sp³-hybridized carbons (Fsp3) is 0.167. The molecule has 4 aromatic rings. The summed E-state index contributed by atoms with van der Waals surface area (Å²) in [7, 11) is 2.02. The first kappa shape index (κ1) is 13.6. The van der Waals surface area contributed by atoms with E-state index < -0.39 is 0 Å². The summed E-state index contributed by atoms with van der Waals surface area (Å²) in [5.41, 5.74) is 4.30. The maximum Gasteiger partial charge on any atom is 0.238 e. The molecule has 2 aromatic heterocycles. The summed E-state index contributed by atoms with van der Waals surface area (Å²) in [6, 6.07) is 15.1. The van der Waals surface area contributed by atoms with E-state index in [9.17, 15) is 4.39 Å². The number of aromatic amines is 1. The molecule has 0 saturated heterocycles. The zero-order valence-electron chi connectivity index (χ0n) is 12.4. The highest BCUT2D eigenvalue weighted by Crippen LogP contribution is 2.25. The van der Waals surface area contributed by atoms with Crippen molar-refractivity contribution >= 4 is 32.8 Å². The van der Waals surface area contributed by atoms with Crippen LogP contribution in [0.1, 0.15) is 13.8 Å². The summed E-state index contributed by atoms with van der Waals surface area (Å²) in [6.07, 6.45) is 0. The number of nitrogens with zero attached hydrogens (tertiary/aromatic N) is 1. The molecule has 106 valence electrons. The van der Waals surface area contributed by atoms with E-state index in [0.29, 0.717) is 0 Å². The molecule has 21 heavy (non-hydrogen) atoms. The molecule has 1 N–H and O–H groups in total. The van der Waals surface area contributed by atoms with E-state index in [-0.39, 0.29) is 5.82 Å². The zero-order valence-corrected chi connectivity index (χ0v) is 12.4. The fourth-order valence-corrected chi connectivity index (χ4v) is 2.84. The predicted octanol–water partition coefficient (Wildman–Crippen LogP) is 4.46. The largest absolute Gasteiger partial charge is 0.349 e. The quantitative estimate of drug-likeness (QED) is 0.459. The Kier molecular flexibility index (Phi) is 3.34. The Balaban J connectivity index is 0.000000636. The Bertz CT molecular complexity index is 938. The van der Waals surface area contributed by atoms with Crippen molar-refractivity contribution in [2.24, 2.45) is 7.05 Å². The van der Waals surface area contributed by atoms with Gasteiger partial charge in [-0.25, -0.2) is 4.39 Å². The molecule has 0 saturated carbocycles. The first-order valence-electron chi connectivity index (χ1n) is 7.23. The SMILES string of the molecule is CC.C[n+]1c2ccc(F)cc2cc2[nH]c3ccccc3c21. The van der Waals surface area contributed by atoms with Gasteiger partial charge in [-0.3, -0.25) is 0 Å². The Labute approximate surface area is 122 Å². The number of nitrogens with one attached hydrogen (secondary N) is 1. The lowest BCUT2D eigenvalue weighted by atomic mass is 10.1. The van der Waals surface area contributed by atoms with E-state index in [2.05, 4.69) is 21.7 Å². The molecular formula is C18H18FN2+. The van der Waals surface area contributed by atoms with Gasteiger partial charge < -0.3 is 4.98 Å². The summed E-state index contributed by atoms with van der Waals surface area (Å²) in [5, 5.41) is 2.09. The minimum absolute atomic E-state index is 0.206. The summed E-state index contributed by atoms with van der Waals surface area (Å²) >= 11 is 0. The van der Waals surface area contributed by atoms with Crippen LogP contribution in [0.3, 0.4) is 0 Å². The third-order valence-corrected chi connectivity index (χ3v) is 3.69. The van der Waals surface area contributed by atoms with Gasteiger partial charge in [0.25, 0.3) is 0 Å². The molecule has 0 amide bonds. The Morgan fingerprint density at radius 1 is 0.952 bits per heavy atom. The third kappa shape index (κ3) is 2.05. The van der Waals surface area contributed by atoms with E-state index >= 15 is 0 Å². The fourth-order valence-electron chi connectivity index (χ4n) is 2.84. The van der Waals surface area contributed by atoms with Crippen molar-refractivity contribution in [3.63, 3.8) is 0 Å². The number of benzene rings is 2. The van der Waals surface area contributed by atoms with Crippen molar-refractivity contribution in [1.29, 1.82) is 0 Å². The molecule has 2 nitrogen and oxygen atoms in total. The lowest BCUT2D eigenvalue weighted by molar-refractivity contribution is -0.616. The second kappa shape index (κ2) is 5.17. The van der Waals surface area contributed by atoms with Crippen molar-refractivity contribution in [2.75, 3.05) is 0 Å². The highest BCUT2D eigenvalue weighted by molar-refractivity contribution is 6.05. The average Bonchev–Trinajstić information content (AvgIpc) is 2.87. The van der Waals surface area contributed by atoms with Gasteiger partial charge in [-0.2, -0.15) is 4.57 Å². The topological polar surface area (TPSA) is 19.7 Å². The number of aryl methyl sites for hydroxylation is 1. The van der Waals surface area contributed by atoms with Gasteiger partial charge in [-0.1, -0.05) is 26.0 Å².